The Bertz CT molecular complexity index is 254. The van der Waals surface area contributed by atoms with Crippen LogP contribution in [0.5, 0.6) is 0 Å². The largest absolute Gasteiger partial charge is 0.329 e. The predicted octanol–water partition coefficient (Wildman–Crippen LogP) is 0.170. The zero-order valence-corrected chi connectivity index (χ0v) is 7.62. The average Bonchev–Trinajstić information content (AvgIpc) is 2.45. The second-order valence-electron chi connectivity index (χ2n) is 2.87. The molecule has 4 nitrogen and oxygen atoms in total. The first kappa shape index (κ1) is 9.22. The minimum absolute atomic E-state index is 0.0915. The van der Waals surface area contributed by atoms with Crippen LogP contribution in [0.1, 0.15) is 24.4 Å². The van der Waals surface area contributed by atoms with Crippen molar-refractivity contribution in [3.8, 4) is 0 Å². The van der Waals surface area contributed by atoms with Gasteiger partial charge in [0.2, 0.25) is 0 Å². The molecule has 0 saturated heterocycles. The zero-order chi connectivity index (χ0) is 9.14. The Morgan fingerprint density at radius 2 is 2.33 bits per heavy atom. The number of aromatic nitrogens is 2. The molecule has 1 heterocycles. The number of hydrogen-bond acceptors (Lipinski definition) is 3. The zero-order valence-electron chi connectivity index (χ0n) is 7.62. The van der Waals surface area contributed by atoms with Gasteiger partial charge in [0.05, 0.1) is 17.4 Å². The molecule has 0 spiro atoms. The summed E-state index contributed by atoms with van der Waals surface area (Å²) in [6, 6.07) is 1.90. The summed E-state index contributed by atoms with van der Waals surface area (Å²) >= 11 is 0. The fourth-order valence-corrected chi connectivity index (χ4v) is 1.24. The van der Waals surface area contributed by atoms with Crippen LogP contribution in [-0.2, 0) is 6.54 Å². The summed E-state index contributed by atoms with van der Waals surface area (Å²) < 4.78 is 1.90. The molecule has 1 atom stereocenters. The van der Waals surface area contributed by atoms with Crippen LogP contribution in [0, 0.1) is 6.92 Å². The van der Waals surface area contributed by atoms with Gasteiger partial charge in [-0.25, -0.2) is 0 Å². The summed E-state index contributed by atoms with van der Waals surface area (Å²) in [6.45, 7) is 5.31. The highest BCUT2D eigenvalue weighted by molar-refractivity contribution is 5.13. The smallest absolute Gasteiger partial charge is 0.0597 e. The summed E-state index contributed by atoms with van der Waals surface area (Å²) in [5.74, 6) is 0. The Labute approximate surface area is 72.5 Å². The molecule has 0 amide bonds. The topological polar surface area (TPSA) is 69.9 Å². The maximum absolute atomic E-state index is 5.80. The van der Waals surface area contributed by atoms with Crippen molar-refractivity contribution in [3.63, 3.8) is 0 Å². The first-order valence-corrected chi connectivity index (χ1v) is 4.19. The molecule has 0 aliphatic carbocycles. The fourth-order valence-electron chi connectivity index (χ4n) is 1.24. The molecule has 0 aliphatic heterocycles. The van der Waals surface area contributed by atoms with Crippen molar-refractivity contribution in [1.82, 2.24) is 9.78 Å². The first-order chi connectivity index (χ1) is 5.69. The second kappa shape index (κ2) is 3.69. The maximum atomic E-state index is 5.80. The molecule has 0 saturated carbocycles. The van der Waals surface area contributed by atoms with Crippen LogP contribution in [0.3, 0.4) is 0 Å². The quantitative estimate of drug-likeness (QED) is 0.676. The molecular weight excluding hydrogens is 152 g/mol. The number of nitrogens with two attached hydrogens (primary N) is 2. The van der Waals surface area contributed by atoms with E-state index < -0.39 is 0 Å². The van der Waals surface area contributed by atoms with Gasteiger partial charge in [0, 0.05) is 13.1 Å². The Morgan fingerprint density at radius 1 is 1.67 bits per heavy atom. The van der Waals surface area contributed by atoms with Gasteiger partial charge in [0.15, 0.2) is 0 Å². The van der Waals surface area contributed by atoms with Gasteiger partial charge >= 0.3 is 0 Å². The van der Waals surface area contributed by atoms with Crippen molar-refractivity contribution in [3.05, 3.63) is 17.5 Å². The van der Waals surface area contributed by atoms with Gasteiger partial charge in [-0.3, -0.25) is 4.68 Å². The van der Waals surface area contributed by atoms with Crippen LogP contribution < -0.4 is 11.5 Å². The summed E-state index contributed by atoms with van der Waals surface area (Å²) in [6.07, 6.45) is 0. The van der Waals surface area contributed by atoms with Crippen LogP contribution in [0.15, 0.2) is 6.07 Å². The number of nitrogens with zero attached hydrogens (tertiary/aromatic N) is 2. The first-order valence-electron chi connectivity index (χ1n) is 4.19. The number of hydrogen-bond donors (Lipinski definition) is 2. The highest BCUT2D eigenvalue weighted by Gasteiger charge is 2.10. The highest BCUT2D eigenvalue weighted by Crippen LogP contribution is 2.10. The van der Waals surface area contributed by atoms with Gasteiger partial charge in [0.25, 0.3) is 0 Å². The minimum Gasteiger partial charge on any atom is -0.329 e. The van der Waals surface area contributed by atoms with Crippen molar-refractivity contribution in [1.29, 1.82) is 0 Å². The highest BCUT2D eigenvalue weighted by atomic mass is 15.3. The van der Waals surface area contributed by atoms with Gasteiger partial charge in [-0.05, 0) is 19.9 Å². The monoisotopic (exact) mass is 168 g/mol. The van der Waals surface area contributed by atoms with Gasteiger partial charge in [-0.2, -0.15) is 5.10 Å². The van der Waals surface area contributed by atoms with E-state index in [4.69, 9.17) is 11.5 Å². The number of aryl methyl sites for hydroxylation is 2. The molecule has 1 aromatic heterocycles. The third-order valence-electron chi connectivity index (χ3n) is 1.87. The lowest BCUT2D eigenvalue weighted by atomic mass is 10.2. The van der Waals surface area contributed by atoms with E-state index in [1.165, 1.54) is 0 Å². The van der Waals surface area contributed by atoms with Crippen LogP contribution in [-0.4, -0.2) is 16.3 Å². The molecule has 4 heteroatoms. The van der Waals surface area contributed by atoms with Crippen molar-refractivity contribution in [2.75, 3.05) is 6.54 Å². The lowest BCUT2D eigenvalue weighted by Crippen LogP contribution is -2.23. The molecular formula is C8H16N4. The lowest BCUT2D eigenvalue weighted by molar-refractivity contribution is 0.572. The lowest BCUT2D eigenvalue weighted by Gasteiger charge is -2.09. The Morgan fingerprint density at radius 3 is 2.83 bits per heavy atom. The molecule has 0 fully saturated rings. The standard InChI is InChI=1S/C8H16N4/c1-3-12-8(7(10)5-9)4-6(2)11-12/h4,7H,3,5,9-10H2,1-2H3. The summed E-state index contributed by atoms with van der Waals surface area (Å²) in [4.78, 5) is 0. The van der Waals surface area contributed by atoms with E-state index >= 15 is 0 Å². The molecule has 12 heavy (non-hydrogen) atoms. The Hall–Kier alpha value is -0.870. The molecule has 0 aliphatic rings. The number of rotatable bonds is 3. The third kappa shape index (κ3) is 1.65. The van der Waals surface area contributed by atoms with E-state index in [1.54, 1.807) is 0 Å². The molecule has 1 rings (SSSR count). The maximum Gasteiger partial charge on any atom is 0.0597 e. The van der Waals surface area contributed by atoms with Crippen molar-refractivity contribution < 1.29 is 0 Å². The predicted molar refractivity (Wildman–Crippen MR) is 48.6 cm³/mol. The summed E-state index contributed by atoms with van der Waals surface area (Å²) in [5, 5.41) is 4.28. The van der Waals surface area contributed by atoms with E-state index in [2.05, 4.69) is 5.10 Å². The van der Waals surface area contributed by atoms with Gasteiger partial charge in [-0.1, -0.05) is 0 Å². The van der Waals surface area contributed by atoms with E-state index in [0.29, 0.717) is 6.54 Å². The Balaban J connectivity index is 2.96. The SMILES string of the molecule is CCn1nc(C)cc1C(N)CN. The molecule has 0 aromatic carbocycles. The molecule has 68 valence electrons. The van der Waals surface area contributed by atoms with Crippen molar-refractivity contribution in [2.45, 2.75) is 26.4 Å². The molecule has 1 aromatic rings. The fraction of sp³-hybridized carbons (Fsp3) is 0.625. The van der Waals surface area contributed by atoms with Crippen LogP contribution in [0.4, 0.5) is 0 Å². The third-order valence-corrected chi connectivity index (χ3v) is 1.87. The van der Waals surface area contributed by atoms with E-state index in [-0.39, 0.29) is 6.04 Å². The molecule has 4 N–H and O–H groups in total. The second-order valence-corrected chi connectivity index (χ2v) is 2.87. The summed E-state index contributed by atoms with van der Waals surface area (Å²) in [7, 11) is 0. The molecule has 0 radical (unpaired) electrons. The molecule has 1 unspecified atom stereocenters. The molecule has 0 bridgehead atoms. The van der Waals surface area contributed by atoms with Gasteiger partial charge in [0.1, 0.15) is 0 Å². The average molecular weight is 168 g/mol. The van der Waals surface area contributed by atoms with Crippen molar-refractivity contribution >= 4 is 0 Å². The van der Waals surface area contributed by atoms with Gasteiger partial charge < -0.3 is 11.5 Å². The van der Waals surface area contributed by atoms with Gasteiger partial charge in [-0.15, -0.1) is 0 Å². The Kier molecular flexibility index (Phi) is 2.83. The normalized spacial score (nSPS) is 13.3. The van der Waals surface area contributed by atoms with Crippen LogP contribution in [0.25, 0.3) is 0 Å². The van der Waals surface area contributed by atoms with Crippen LogP contribution >= 0.6 is 0 Å². The van der Waals surface area contributed by atoms with E-state index in [0.717, 1.165) is 17.9 Å². The summed E-state index contributed by atoms with van der Waals surface area (Å²) in [5.41, 5.74) is 13.3. The van der Waals surface area contributed by atoms with E-state index in [9.17, 15) is 0 Å². The van der Waals surface area contributed by atoms with E-state index in [1.807, 2.05) is 24.6 Å². The van der Waals surface area contributed by atoms with Crippen molar-refractivity contribution in [2.24, 2.45) is 11.5 Å². The van der Waals surface area contributed by atoms with Crippen LogP contribution in [0.2, 0.25) is 0 Å². The minimum atomic E-state index is -0.0915.